The molecule has 0 bridgehead atoms. The molecule has 0 aliphatic heterocycles. The lowest BCUT2D eigenvalue weighted by Gasteiger charge is -2.09. The number of rotatable bonds is 5. The summed E-state index contributed by atoms with van der Waals surface area (Å²) in [5.74, 6) is -1.92. The Hall–Kier alpha value is -2.95. The number of carbonyl (C=O) groups excluding carboxylic acids is 3. The molecule has 1 N–H and O–H groups in total. The third-order valence-corrected chi connectivity index (χ3v) is 3.21. The summed E-state index contributed by atoms with van der Waals surface area (Å²) in [6.07, 6.45) is 0. The Morgan fingerprint density at radius 1 is 1.00 bits per heavy atom. The second-order valence-corrected chi connectivity index (χ2v) is 4.79. The van der Waals surface area contributed by atoms with Crippen molar-refractivity contribution in [1.29, 1.82) is 0 Å². The van der Waals surface area contributed by atoms with Crippen LogP contribution in [0.5, 0.6) is 0 Å². The zero-order valence-electron chi connectivity index (χ0n) is 12.0. The number of nitrogens with one attached hydrogen (secondary N) is 1. The van der Waals surface area contributed by atoms with Crippen LogP contribution in [0.1, 0.15) is 36.6 Å². The van der Waals surface area contributed by atoms with Gasteiger partial charge in [-0.2, -0.15) is 0 Å². The smallest absolute Gasteiger partial charge is 0.251 e. The first-order chi connectivity index (χ1) is 10.5. The predicted molar refractivity (Wildman–Crippen MR) is 78.6 cm³/mol. The number of aromatic carboxylic acids is 1. The van der Waals surface area contributed by atoms with Crippen molar-refractivity contribution in [2.75, 3.05) is 6.54 Å². The van der Waals surface area contributed by atoms with Gasteiger partial charge in [-0.15, -0.1) is 0 Å². The molecule has 0 saturated heterocycles. The van der Waals surface area contributed by atoms with E-state index in [1.54, 1.807) is 37.3 Å². The lowest BCUT2D eigenvalue weighted by molar-refractivity contribution is -0.255. The number of aryl methyl sites for hydroxylation is 1. The van der Waals surface area contributed by atoms with Crippen molar-refractivity contribution in [2.45, 2.75) is 6.92 Å². The van der Waals surface area contributed by atoms with Gasteiger partial charge in [0, 0.05) is 16.7 Å². The molecule has 0 atom stereocenters. The standard InChI is InChI=1S/C17H15NO4/c1-11-9-13(7-8-14(11)17(21)22)16(20)18-10-15(19)12-5-3-2-4-6-12/h2-9H,10H2,1H3,(H,18,20)(H,21,22)/p-1. The molecule has 2 aromatic carbocycles. The van der Waals surface area contributed by atoms with Crippen molar-refractivity contribution in [3.63, 3.8) is 0 Å². The number of ketones is 1. The minimum absolute atomic E-state index is 0.0388. The third-order valence-electron chi connectivity index (χ3n) is 3.21. The SMILES string of the molecule is Cc1cc(C(=O)NCC(=O)c2ccccc2)ccc1C(=O)[O-]. The van der Waals surface area contributed by atoms with Crippen LogP contribution in [0.25, 0.3) is 0 Å². The molecule has 0 aliphatic carbocycles. The molecule has 0 aliphatic rings. The van der Waals surface area contributed by atoms with E-state index < -0.39 is 11.9 Å². The van der Waals surface area contributed by atoms with E-state index in [4.69, 9.17) is 0 Å². The van der Waals surface area contributed by atoms with Crippen molar-refractivity contribution in [2.24, 2.45) is 0 Å². The van der Waals surface area contributed by atoms with Gasteiger partial charge in [0.25, 0.3) is 5.91 Å². The molecule has 0 unspecified atom stereocenters. The van der Waals surface area contributed by atoms with Crippen LogP contribution in [0.3, 0.4) is 0 Å². The summed E-state index contributed by atoms with van der Waals surface area (Å²) in [6, 6.07) is 12.8. The number of carbonyl (C=O) groups is 3. The number of Topliss-reactive ketones (excluding diaryl/α,β-unsaturated/α-hetero) is 1. The van der Waals surface area contributed by atoms with Crippen molar-refractivity contribution in [3.8, 4) is 0 Å². The highest BCUT2D eigenvalue weighted by molar-refractivity contribution is 6.02. The fourth-order valence-corrected chi connectivity index (χ4v) is 2.02. The van der Waals surface area contributed by atoms with Crippen LogP contribution >= 0.6 is 0 Å². The first-order valence-electron chi connectivity index (χ1n) is 6.67. The van der Waals surface area contributed by atoms with Crippen LogP contribution in [-0.2, 0) is 0 Å². The van der Waals surface area contributed by atoms with Crippen LogP contribution in [0, 0.1) is 6.92 Å². The van der Waals surface area contributed by atoms with Crippen molar-refractivity contribution < 1.29 is 19.5 Å². The highest BCUT2D eigenvalue weighted by atomic mass is 16.4. The monoisotopic (exact) mass is 296 g/mol. The zero-order chi connectivity index (χ0) is 16.1. The third kappa shape index (κ3) is 3.58. The van der Waals surface area contributed by atoms with E-state index in [1.807, 2.05) is 0 Å². The van der Waals surface area contributed by atoms with E-state index in [2.05, 4.69) is 5.32 Å². The van der Waals surface area contributed by atoms with E-state index in [1.165, 1.54) is 18.2 Å². The molecule has 5 nitrogen and oxygen atoms in total. The maximum atomic E-state index is 12.0. The van der Waals surface area contributed by atoms with Gasteiger partial charge < -0.3 is 15.2 Å². The van der Waals surface area contributed by atoms with Crippen LogP contribution in [0.2, 0.25) is 0 Å². The first kappa shape index (κ1) is 15.4. The largest absolute Gasteiger partial charge is 0.545 e. The Kier molecular flexibility index (Phi) is 4.68. The summed E-state index contributed by atoms with van der Waals surface area (Å²) >= 11 is 0. The van der Waals surface area contributed by atoms with Crippen LogP contribution in [-0.4, -0.2) is 24.2 Å². The maximum Gasteiger partial charge on any atom is 0.251 e. The Morgan fingerprint density at radius 2 is 1.68 bits per heavy atom. The molecule has 0 saturated carbocycles. The summed E-state index contributed by atoms with van der Waals surface area (Å²) < 4.78 is 0. The normalized spacial score (nSPS) is 10.0. The molecule has 0 aromatic heterocycles. The Bertz CT molecular complexity index is 723. The maximum absolute atomic E-state index is 12.0. The molecule has 0 spiro atoms. The number of hydrogen-bond donors (Lipinski definition) is 1. The Morgan fingerprint density at radius 3 is 2.27 bits per heavy atom. The van der Waals surface area contributed by atoms with E-state index in [-0.39, 0.29) is 17.9 Å². The number of amides is 1. The highest BCUT2D eigenvalue weighted by Crippen LogP contribution is 2.10. The van der Waals surface area contributed by atoms with Crippen molar-refractivity contribution >= 4 is 17.7 Å². The summed E-state index contributed by atoms with van der Waals surface area (Å²) in [5.41, 5.74) is 1.29. The summed E-state index contributed by atoms with van der Waals surface area (Å²) in [6.45, 7) is 1.46. The van der Waals surface area contributed by atoms with Gasteiger partial charge in [0.05, 0.1) is 12.5 Å². The molecule has 22 heavy (non-hydrogen) atoms. The second-order valence-electron chi connectivity index (χ2n) is 4.79. The van der Waals surface area contributed by atoms with Gasteiger partial charge >= 0.3 is 0 Å². The molecule has 0 heterocycles. The van der Waals surface area contributed by atoms with Gasteiger partial charge in [0.1, 0.15) is 0 Å². The number of benzene rings is 2. The van der Waals surface area contributed by atoms with Gasteiger partial charge in [-0.1, -0.05) is 36.4 Å². The van der Waals surface area contributed by atoms with Crippen molar-refractivity contribution in [3.05, 3.63) is 70.8 Å². The summed E-state index contributed by atoms with van der Waals surface area (Å²) in [4.78, 5) is 34.7. The molecule has 112 valence electrons. The quantitative estimate of drug-likeness (QED) is 0.833. The second kappa shape index (κ2) is 6.67. The fraction of sp³-hybridized carbons (Fsp3) is 0.118. The molecule has 5 heteroatoms. The Balaban J connectivity index is 2.02. The van der Waals surface area contributed by atoms with Crippen LogP contribution in [0.4, 0.5) is 0 Å². The molecule has 2 aromatic rings. The average Bonchev–Trinajstić information content (AvgIpc) is 2.52. The molecule has 1 amide bonds. The van der Waals surface area contributed by atoms with Gasteiger partial charge in [-0.25, -0.2) is 0 Å². The molecule has 0 radical (unpaired) electrons. The lowest BCUT2D eigenvalue weighted by atomic mass is 10.0. The lowest BCUT2D eigenvalue weighted by Crippen LogP contribution is -2.30. The molecular formula is C17H14NO4-. The predicted octanol–water partition coefficient (Wildman–Crippen LogP) is 0.971. The number of carboxylic acids is 1. The van der Waals surface area contributed by atoms with Gasteiger partial charge in [-0.3, -0.25) is 9.59 Å². The van der Waals surface area contributed by atoms with E-state index >= 15 is 0 Å². The minimum Gasteiger partial charge on any atom is -0.545 e. The minimum atomic E-state index is -1.29. The molecular weight excluding hydrogens is 282 g/mol. The molecule has 2 rings (SSSR count). The molecule has 0 fully saturated rings. The van der Waals surface area contributed by atoms with E-state index in [0.717, 1.165) is 0 Å². The van der Waals surface area contributed by atoms with E-state index in [0.29, 0.717) is 16.7 Å². The number of hydrogen-bond acceptors (Lipinski definition) is 4. The number of carboxylic acid groups (broad SMARTS) is 1. The van der Waals surface area contributed by atoms with Gasteiger partial charge in [-0.05, 0) is 24.6 Å². The van der Waals surface area contributed by atoms with E-state index in [9.17, 15) is 19.5 Å². The summed E-state index contributed by atoms with van der Waals surface area (Å²) in [5, 5.41) is 13.3. The highest BCUT2D eigenvalue weighted by Gasteiger charge is 2.11. The van der Waals surface area contributed by atoms with Crippen LogP contribution in [0.15, 0.2) is 48.5 Å². The Labute approximate surface area is 127 Å². The van der Waals surface area contributed by atoms with Gasteiger partial charge in [0.15, 0.2) is 5.78 Å². The van der Waals surface area contributed by atoms with Crippen molar-refractivity contribution in [1.82, 2.24) is 5.32 Å². The van der Waals surface area contributed by atoms with Gasteiger partial charge in [0.2, 0.25) is 0 Å². The van der Waals surface area contributed by atoms with Crippen LogP contribution < -0.4 is 10.4 Å². The topological polar surface area (TPSA) is 86.3 Å². The fourth-order valence-electron chi connectivity index (χ4n) is 2.02. The summed E-state index contributed by atoms with van der Waals surface area (Å²) in [7, 11) is 0. The average molecular weight is 296 g/mol. The first-order valence-corrected chi connectivity index (χ1v) is 6.67. The zero-order valence-corrected chi connectivity index (χ0v) is 12.0.